The highest BCUT2D eigenvalue weighted by Gasteiger charge is 2.15. The van der Waals surface area contributed by atoms with Crippen molar-refractivity contribution in [3.05, 3.63) is 29.6 Å². The molecule has 0 aromatic carbocycles. The summed E-state index contributed by atoms with van der Waals surface area (Å²) in [5.74, 6) is -1.29. The summed E-state index contributed by atoms with van der Waals surface area (Å²) in [5, 5.41) is 20.3. The summed E-state index contributed by atoms with van der Waals surface area (Å²) in [6.45, 7) is 4.72. The summed E-state index contributed by atoms with van der Waals surface area (Å²) in [4.78, 5) is 28.3. The fourth-order valence-electron chi connectivity index (χ4n) is 1.76. The number of aliphatic carboxylic acids is 1. The Morgan fingerprint density at radius 3 is 2.71 bits per heavy atom. The van der Waals surface area contributed by atoms with Gasteiger partial charge >= 0.3 is 12.0 Å². The molecule has 1 rings (SSSR count). The molecule has 1 aromatic rings. The van der Waals surface area contributed by atoms with E-state index in [1.54, 1.807) is 4.90 Å². The van der Waals surface area contributed by atoms with Gasteiger partial charge in [0.25, 0.3) is 0 Å². The van der Waals surface area contributed by atoms with Gasteiger partial charge in [-0.25, -0.2) is 9.59 Å². The molecule has 21 heavy (non-hydrogen) atoms. The molecule has 1 atom stereocenters. The van der Waals surface area contributed by atoms with Crippen molar-refractivity contribution < 1.29 is 19.8 Å². The molecular formula is C14H21N3O4. The summed E-state index contributed by atoms with van der Waals surface area (Å²) < 4.78 is 0. The molecule has 0 fully saturated rings. The van der Waals surface area contributed by atoms with Crippen LogP contribution >= 0.6 is 0 Å². The van der Waals surface area contributed by atoms with Crippen LogP contribution in [0.1, 0.15) is 24.7 Å². The van der Waals surface area contributed by atoms with E-state index in [1.807, 2.05) is 32.0 Å². The number of aliphatic hydroxyl groups excluding tert-OH is 1. The Bertz CT molecular complexity index is 493. The quantitative estimate of drug-likeness (QED) is 0.689. The number of nitrogens with one attached hydrogen (secondary N) is 1. The Labute approximate surface area is 123 Å². The number of nitrogens with zero attached hydrogens (tertiary/aromatic N) is 2. The van der Waals surface area contributed by atoms with Crippen molar-refractivity contribution in [2.45, 2.75) is 32.9 Å². The number of aromatic nitrogens is 1. The number of amides is 2. The predicted octanol–water partition coefficient (Wildman–Crippen LogP) is 0.757. The summed E-state index contributed by atoms with van der Waals surface area (Å²) in [5.41, 5.74) is 1.67. The third-order valence-electron chi connectivity index (χ3n) is 2.95. The minimum atomic E-state index is -1.46. The molecule has 0 aliphatic carbocycles. The number of urea groups is 1. The number of carboxylic acid groups (broad SMARTS) is 1. The van der Waals surface area contributed by atoms with Crippen LogP contribution in [0.15, 0.2) is 18.2 Å². The molecule has 0 aliphatic rings. The average Bonchev–Trinajstić information content (AvgIpc) is 2.44. The molecule has 0 aliphatic heterocycles. The van der Waals surface area contributed by atoms with Gasteiger partial charge in [0.15, 0.2) is 6.10 Å². The van der Waals surface area contributed by atoms with E-state index >= 15 is 0 Å². The molecule has 1 unspecified atom stereocenters. The average molecular weight is 295 g/mol. The van der Waals surface area contributed by atoms with E-state index in [2.05, 4.69) is 10.3 Å². The molecule has 7 heteroatoms. The van der Waals surface area contributed by atoms with Crippen molar-refractivity contribution in [1.82, 2.24) is 15.2 Å². The molecule has 0 radical (unpaired) electrons. The summed E-state index contributed by atoms with van der Waals surface area (Å²) in [6.07, 6.45) is -1.49. The fraction of sp³-hybridized carbons (Fsp3) is 0.500. The third-order valence-corrected chi connectivity index (χ3v) is 2.95. The maximum absolute atomic E-state index is 12.0. The monoisotopic (exact) mass is 295 g/mol. The lowest BCUT2D eigenvalue weighted by molar-refractivity contribution is -0.146. The standard InChI is InChI=1S/C14H21N3O4/c1-3-17(9-11-6-4-5-10(2)16-11)14(21)15-8-7-12(18)13(19)20/h4-6,12,18H,3,7-9H2,1-2H3,(H,15,21)(H,19,20). The van der Waals surface area contributed by atoms with Crippen LogP contribution in [0.4, 0.5) is 4.79 Å². The predicted molar refractivity (Wildman–Crippen MR) is 76.7 cm³/mol. The number of aryl methyl sites for hydroxylation is 1. The Morgan fingerprint density at radius 1 is 1.43 bits per heavy atom. The van der Waals surface area contributed by atoms with Crippen LogP contribution in [-0.2, 0) is 11.3 Å². The highest BCUT2D eigenvalue weighted by atomic mass is 16.4. The van der Waals surface area contributed by atoms with Gasteiger partial charge in [0.1, 0.15) is 0 Å². The molecule has 116 valence electrons. The van der Waals surface area contributed by atoms with E-state index in [-0.39, 0.29) is 19.0 Å². The molecular weight excluding hydrogens is 274 g/mol. The zero-order valence-corrected chi connectivity index (χ0v) is 12.2. The van der Waals surface area contributed by atoms with E-state index in [0.717, 1.165) is 11.4 Å². The number of rotatable bonds is 7. The number of carbonyl (C=O) groups is 2. The largest absolute Gasteiger partial charge is 0.479 e. The van der Waals surface area contributed by atoms with Gasteiger partial charge in [0, 0.05) is 25.2 Å². The van der Waals surface area contributed by atoms with Gasteiger partial charge in [-0.05, 0) is 26.0 Å². The Balaban J connectivity index is 2.48. The first-order valence-electron chi connectivity index (χ1n) is 6.80. The van der Waals surface area contributed by atoms with Crippen LogP contribution < -0.4 is 5.32 Å². The molecule has 7 nitrogen and oxygen atoms in total. The Morgan fingerprint density at radius 2 is 2.14 bits per heavy atom. The van der Waals surface area contributed by atoms with Gasteiger partial charge in [-0.1, -0.05) is 6.07 Å². The van der Waals surface area contributed by atoms with Gasteiger partial charge in [-0.15, -0.1) is 0 Å². The van der Waals surface area contributed by atoms with E-state index < -0.39 is 12.1 Å². The first-order chi connectivity index (χ1) is 9.93. The van der Waals surface area contributed by atoms with Crippen molar-refractivity contribution in [2.75, 3.05) is 13.1 Å². The zero-order chi connectivity index (χ0) is 15.8. The minimum absolute atomic E-state index is 0.0265. The normalized spacial score (nSPS) is 11.8. The van der Waals surface area contributed by atoms with Gasteiger partial charge < -0.3 is 20.4 Å². The van der Waals surface area contributed by atoms with Crippen LogP contribution in [0.3, 0.4) is 0 Å². The zero-order valence-electron chi connectivity index (χ0n) is 12.2. The van der Waals surface area contributed by atoms with Gasteiger partial charge in [-0.2, -0.15) is 0 Å². The Kier molecular flexibility index (Phi) is 6.61. The summed E-state index contributed by atoms with van der Waals surface area (Å²) in [6, 6.07) is 5.30. The fourth-order valence-corrected chi connectivity index (χ4v) is 1.76. The van der Waals surface area contributed by atoms with Crippen molar-refractivity contribution >= 4 is 12.0 Å². The summed E-state index contributed by atoms with van der Waals surface area (Å²) >= 11 is 0. The molecule has 2 amide bonds. The van der Waals surface area contributed by atoms with E-state index in [4.69, 9.17) is 10.2 Å². The van der Waals surface area contributed by atoms with Crippen molar-refractivity contribution in [2.24, 2.45) is 0 Å². The summed E-state index contributed by atoms with van der Waals surface area (Å²) in [7, 11) is 0. The number of hydrogen-bond donors (Lipinski definition) is 3. The van der Waals surface area contributed by atoms with Crippen LogP contribution in [0, 0.1) is 6.92 Å². The van der Waals surface area contributed by atoms with E-state index in [1.165, 1.54) is 0 Å². The molecule has 0 saturated carbocycles. The van der Waals surface area contributed by atoms with Crippen LogP contribution in [0.25, 0.3) is 0 Å². The van der Waals surface area contributed by atoms with E-state index in [9.17, 15) is 9.59 Å². The topological polar surface area (TPSA) is 103 Å². The second kappa shape index (κ2) is 8.21. The lowest BCUT2D eigenvalue weighted by Gasteiger charge is -2.21. The second-order valence-corrected chi connectivity index (χ2v) is 4.66. The van der Waals surface area contributed by atoms with Crippen molar-refractivity contribution in [3.8, 4) is 0 Å². The smallest absolute Gasteiger partial charge is 0.332 e. The van der Waals surface area contributed by atoms with Crippen LogP contribution in [0.2, 0.25) is 0 Å². The second-order valence-electron chi connectivity index (χ2n) is 4.66. The number of hydrogen-bond acceptors (Lipinski definition) is 4. The minimum Gasteiger partial charge on any atom is -0.479 e. The van der Waals surface area contributed by atoms with Crippen LogP contribution in [-0.4, -0.2) is 51.3 Å². The lowest BCUT2D eigenvalue weighted by Crippen LogP contribution is -2.41. The molecule has 0 saturated heterocycles. The SMILES string of the molecule is CCN(Cc1cccc(C)n1)C(=O)NCCC(O)C(=O)O. The highest BCUT2D eigenvalue weighted by molar-refractivity contribution is 5.74. The number of aliphatic hydroxyl groups is 1. The molecule has 0 bridgehead atoms. The van der Waals surface area contributed by atoms with E-state index in [0.29, 0.717) is 13.1 Å². The van der Waals surface area contributed by atoms with Gasteiger partial charge in [0.2, 0.25) is 0 Å². The van der Waals surface area contributed by atoms with Gasteiger partial charge in [-0.3, -0.25) is 4.98 Å². The first kappa shape index (κ1) is 16.9. The van der Waals surface area contributed by atoms with Crippen molar-refractivity contribution in [1.29, 1.82) is 0 Å². The molecule has 1 heterocycles. The lowest BCUT2D eigenvalue weighted by atomic mass is 10.2. The molecule has 3 N–H and O–H groups in total. The number of pyridine rings is 1. The number of carbonyl (C=O) groups excluding carboxylic acids is 1. The van der Waals surface area contributed by atoms with Gasteiger partial charge in [0.05, 0.1) is 12.2 Å². The number of carboxylic acids is 1. The molecule has 1 aromatic heterocycles. The van der Waals surface area contributed by atoms with Crippen molar-refractivity contribution in [3.63, 3.8) is 0 Å². The van der Waals surface area contributed by atoms with Crippen LogP contribution in [0.5, 0.6) is 0 Å². The maximum atomic E-state index is 12.0. The Hall–Kier alpha value is -2.15. The molecule has 0 spiro atoms. The highest BCUT2D eigenvalue weighted by Crippen LogP contribution is 2.03. The maximum Gasteiger partial charge on any atom is 0.332 e. The third kappa shape index (κ3) is 5.78. The first-order valence-corrected chi connectivity index (χ1v) is 6.80.